The summed E-state index contributed by atoms with van der Waals surface area (Å²) in [5.74, 6) is -0.900. The minimum Gasteiger partial charge on any atom is -0.480 e. The number of carboxylic acid groups (broad SMARTS) is 1. The van der Waals surface area contributed by atoms with Gasteiger partial charge in [0, 0.05) is 17.0 Å². The highest BCUT2D eigenvalue weighted by atomic mass is 32.2. The van der Waals surface area contributed by atoms with Crippen LogP contribution >= 0.6 is 11.8 Å². The number of thioether (sulfide) groups is 1. The maximum atomic E-state index is 10.9. The van der Waals surface area contributed by atoms with Gasteiger partial charge in [-0.2, -0.15) is 0 Å². The molecule has 1 N–H and O–H groups in total. The number of aliphatic carboxylic acids is 1. The van der Waals surface area contributed by atoms with E-state index < -0.39 is 16.1 Å². The molecule has 0 amide bonds. The molecule has 0 aromatic heterocycles. The minimum atomic E-state index is -0.900. The van der Waals surface area contributed by atoms with Gasteiger partial charge in [-0.05, 0) is 18.9 Å². The lowest BCUT2D eigenvalue weighted by atomic mass is 10.2. The van der Waals surface area contributed by atoms with E-state index in [0.717, 1.165) is 17.3 Å². The fourth-order valence-corrected chi connectivity index (χ4v) is 2.31. The van der Waals surface area contributed by atoms with E-state index in [0.29, 0.717) is 11.3 Å². The molecule has 6 heteroatoms. The first kappa shape index (κ1) is 13.5. The third-order valence-electron chi connectivity index (χ3n) is 2.30. The molecule has 0 aliphatic carbocycles. The number of carbonyl (C=O) groups is 1. The molecule has 17 heavy (non-hydrogen) atoms. The zero-order chi connectivity index (χ0) is 13.0. The highest BCUT2D eigenvalue weighted by Crippen LogP contribution is 2.31. The minimum absolute atomic E-state index is 0.0154. The second kappa shape index (κ2) is 5.67. The van der Waals surface area contributed by atoms with E-state index in [2.05, 4.69) is 0 Å². The molecule has 0 fully saturated rings. The fraction of sp³-hybridized carbons (Fsp3) is 0.364. The Morgan fingerprint density at radius 3 is 2.71 bits per heavy atom. The fourth-order valence-electron chi connectivity index (χ4n) is 1.29. The lowest BCUT2D eigenvalue weighted by Gasteiger charge is -2.11. The van der Waals surface area contributed by atoms with Gasteiger partial charge in [-0.15, -0.1) is 11.8 Å². The van der Waals surface area contributed by atoms with Gasteiger partial charge in [0.2, 0.25) is 0 Å². The maximum Gasteiger partial charge on any atom is 0.316 e. The van der Waals surface area contributed by atoms with Crippen molar-refractivity contribution in [3.63, 3.8) is 0 Å². The molecule has 1 rings (SSSR count). The molecule has 1 atom stereocenters. The average Bonchev–Trinajstić information content (AvgIpc) is 2.27. The van der Waals surface area contributed by atoms with Crippen LogP contribution in [-0.2, 0) is 4.79 Å². The van der Waals surface area contributed by atoms with E-state index in [9.17, 15) is 14.9 Å². The van der Waals surface area contributed by atoms with Gasteiger partial charge >= 0.3 is 5.97 Å². The number of nitro groups is 1. The number of non-ortho nitro benzene ring substituents is 1. The average molecular weight is 255 g/mol. The van der Waals surface area contributed by atoms with E-state index >= 15 is 0 Å². The highest BCUT2D eigenvalue weighted by molar-refractivity contribution is 8.00. The van der Waals surface area contributed by atoms with Crippen LogP contribution in [0.5, 0.6) is 0 Å². The summed E-state index contributed by atoms with van der Waals surface area (Å²) < 4.78 is 0. The van der Waals surface area contributed by atoms with Gasteiger partial charge in [-0.1, -0.05) is 13.0 Å². The van der Waals surface area contributed by atoms with Crippen LogP contribution in [0.2, 0.25) is 0 Å². The molecule has 92 valence electrons. The molecule has 1 unspecified atom stereocenters. The van der Waals surface area contributed by atoms with Crippen molar-refractivity contribution in [2.45, 2.75) is 30.4 Å². The van der Waals surface area contributed by atoms with Crippen molar-refractivity contribution in [1.82, 2.24) is 0 Å². The van der Waals surface area contributed by atoms with Crippen LogP contribution in [0.4, 0.5) is 5.69 Å². The molecular weight excluding hydrogens is 242 g/mol. The Morgan fingerprint density at radius 1 is 1.59 bits per heavy atom. The van der Waals surface area contributed by atoms with Gasteiger partial charge in [0.05, 0.1) is 4.92 Å². The smallest absolute Gasteiger partial charge is 0.316 e. The molecule has 0 heterocycles. The Morgan fingerprint density at radius 2 is 2.24 bits per heavy atom. The van der Waals surface area contributed by atoms with Gasteiger partial charge in [-0.3, -0.25) is 14.9 Å². The number of hydrogen-bond donors (Lipinski definition) is 1. The summed E-state index contributed by atoms with van der Waals surface area (Å²) >= 11 is 1.15. The summed E-state index contributed by atoms with van der Waals surface area (Å²) in [6.45, 7) is 3.58. The third-order valence-corrected chi connectivity index (χ3v) is 3.81. The number of hydrogen-bond acceptors (Lipinski definition) is 4. The molecule has 0 spiro atoms. The van der Waals surface area contributed by atoms with Gasteiger partial charge in [0.1, 0.15) is 5.25 Å². The second-order valence-electron chi connectivity index (χ2n) is 3.56. The number of aryl methyl sites for hydroxylation is 1. The number of nitro benzene ring substituents is 1. The monoisotopic (exact) mass is 255 g/mol. The summed E-state index contributed by atoms with van der Waals surface area (Å²) in [5.41, 5.74) is 0.832. The molecule has 1 aromatic carbocycles. The standard InChI is InChI=1S/C11H13NO4S/c1-3-9(11(13)14)17-10-6-8(12(15)16)5-4-7(10)2/h4-6,9H,3H2,1-2H3,(H,13,14). The van der Waals surface area contributed by atoms with Crippen LogP contribution in [0, 0.1) is 17.0 Å². The summed E-state index contributed by atoms with van der Waals surface area (Å²) in [7, 11) is 0. The SMILES string of the molecule is CCC(Sc1cc([N+](=O)[O-])ccc1C)C(=O)O. The zero-order valence-corrected chi connectivity index (χ0v) is 10.4. The molecular formula is C11H13NO4S. The van der Waals surface area contributed by atoms with Crippen molar-refractivity contribution in [3.8, 4) is 0 Å². The van der Waals surface area contributed by atoms with Crippen LogP contribution in [0.15, 0.2) is 23.1 Å². The van der Waals surface area contributed by atoms with Crippen molar-refractivity contribution in [2.24, 2.45) is 0 Å². The lowest BCUT2D eigenvalue weighted by Crippen LogP contribution is -2.14. The Bertz CT molecular complexity index is 447. The van der Waals surface area contributed by atoms with Gasteiger partial charge in [-0.25, -0.2) is 0 Å². The summed E-state index contributed by atoms with van der Waals surface area (Å²) in [4.78, 5) is 21.7. The zero-order valence-electron chi connectivity index (χ0n) is 9.54. The first-order valence-electron chi connectivity index (χ1n) is 5.10. The normalized spacial score (nSPS) is 12.1. The van der Waals surface area contributed by atoms with E-state index in [4.69, 9.17) is 5.11 Å². The van der Waals surface area contributed by atoms with E-state index in [-0.39, 0.29) is 5.69 Å². The summed E-state index contributed by atoms with van der Waals surface area (Å²) in [6, 6.07) is 4.47. The molecule has 5 nitrogen and oxygen atoms in total. The number of benzene rings is 1. The largest absolute Gasteiger partial charge is 0.480 e. The van der Waals surface area contributed by atoms with Crippen LogP contribution < -0.4 is 0 Å². The quantitative estimate of drug-likeness (QED) is 0.497. The van der Waals surface area contributed by atoms with Gasteiger partial charge in [0.25, 0.3) is 5.69 Å². The number of nitrogens with zero attached hydrogens (tertiary/aromatic N) is 1. The molecule has 0 bridgehead atoms. The lowest BCUT2D eigenvalue weighted by molar-refractivity contribution is -0.385. The number of rotatable bonds is 5. The van der Waals surface area contributed by atoms with Crippen molar-refractivity contribution in [2.75, 3.05) is 0 Å². The Balaban J connectivity index is 3.00. The molecule has 1 aromatic rings. The van der Waals surface area contributed by atoms with Crippen LogP contribution in [0.3, 0.4) is 0 Å². The van der Waals surface area contributed by atoms with Crippen molar-refractivity contribution in [1.29, 1.82) is 0 Å². The molecule has 0 radical (unpaired) electrons. The number of carboxylic acids is 1. The van der Waals surface area contributed by atoms with Gasteiger partial charge < -0.3 is 5.11 Å². The van der Waals surface area contributed by atoms with Gasteiger partial charge in [0.15, 0.2) is 0 Å². The molecule has 0 aliphatic heterocycles. The first-order chi connectivity index (χ1) is 7.95. The Labute approximate surface area is 103 Å². The van der Waals surface area contributed by atoms with Crippen LogP contribution in [0.1, 0.15) is 18.9 Å². The topological polar surface area (TPSA) is 80.4 Å². The second-order valence-corrected chi connectivity index (χ2v) is 4.80. The first-order valence-corrected chi connectivity index (χ1v) is 5.98. The molecule has 0 saturated carbocycles. The predicted octanol–water partition coefficient (Wildman–Crippen LogP) is 2.86. The van der Waals surface area contributed by atoms with Crippen LogP contribution in [-0.4, -0.2) is 21.2 Å². The van der Waals surface area contributed by atoms with E-state index in [1.54, 1.807) is 19.9 Å². The Hall–Kier alpha value is -1.56. The summed E-state index contributed by atoms with van der Waals surface area (Å²) in [5, 5.41) is 19.0. The van der Waals surface area contributed by atoms with Crippen LogP contribution in [0.25, 0.3) is 0 Å². The molecule has 0 aliphatic rings. The molecule has 0 saturated heterocycles. The summed E-state index contributed by atoms with van der Waals surface area (Å²) in [6.07, 6.45) is 0.474. The van der Waals surface area contributed by atoms with E-state index in [1.165, 1.54) is 12.1 Å². The Kier molecular flexibility index (Phi) is 4.51. The van der Waals surface area contributed by atoms with Crippen molar-refractivity contribution >= 4 is 23.4 Å². The van der Waals surface area contributed by atoms with E-state index in [1.807, 2.05) is 0 Å². The highest BCUT2D eigenvalue weighted by Gasteiger charge is 2.19. The maximum absolute atomic E-state index is 10.9. The van der Waals surface area contributed by atoms with Crippen molar-refractivity contribution in [3.05, 3.63) is 33.9 Å². The predicted molar refractivity (Wildman–Crippen MR) is 65.4 cm³/mol. The third kappa shape index (κ3) is 3.45. The van der Waals surface area contributed by atoms with Crippen molar-refractivity contribution < 1.29 is 14.8 Å².